The Bertz CT molecular complexity index is 761. The zero-order valence-electron chi connectivity index (χ0n) is 13.4. The van der Waals surface area contributed by atoms with Crippen molar-refractivity contribution in [2.45, 2.75) is 12.5 Å². The fourth-order valence-corrected chi connectivity index (χ4v) is 2.81. The van der Waals surface area contributed by atoms with Crippen LogP contribution in [0.3, 0.4) is 0 Å². The van der Waals surface area contributed by atoms with Gasteiger partial charge in [0.05, 0.1) is 7.11 Å². The van der Waals surface area contributed by atoms with E-state index in [1.165, 1.54) is 5.56 Å². The van der Waals surface area contributed by atoms with Crippen LogP contribution in [0, 0.1) is 6.92 Å². The zero-order valence-corrected chi connectivity index (χ0v) is 13.4. The average molecular weight is 304 g/mol. The number of aliphatic hydroxyl groups is 1. The predicted octanol–water partition coefficient (Wildman–Crippen LogP) is 4.29. The molecule has 0 saturated heterocycles. The third-order valence-electron chi connectivity index (χ3n) is 4.17. The van der Waals surface area contributed by atoms with Crippen molar-refractivity contribution in [3.8, 4) is 5.75 Å². The molecule has 0 aliphatic rings. The summed E-state index contributed by atoms with van der Waals surface area (Å²) in [5.74, 6) is 0.771. The lowest BCUT2D eigenvalue weighted by molar-refractivity contribution is 0.125. The summed E-state index contributed by atoms with van der Waals surface area (Å²) in [6.07, 6.45) is 0. The molecule has 3 rings (SSSR count). The van der Waals surface area contributed by atoms with Crippen LogP contribution in [-0.2, 0) is 5.60 Å². The third-order valence-corrected chi connectivity index (χ3v) is 4.17. The molecule has 0 aliphatic heterocycles. The maximum absolute atomic E-state index is 11.6. The monoisotopic (exact) mass is 304 g/mol. The van der Waals surface area contributed by atoms with Gasteiger partial charge in [-0.25, -0.2) is 0 Å². The van der Waals surface area contributed by atoms with E-state index < -0.39 is 5.60 Å². The molecule has 0 bridgehead atoms. The molecule has 0 aromatic heterocycles. The maximum atomic E-state index is 11.6. The molecule has 2 heteroatoms. The van der Waals surface area contributed by atoms with E-state index in [0.717, 1.165) is 22.4 Å². The Labute approximate surface area is 137 Å². The fourth-order valence-electron chi connectivity index (χ4n) is 2.81. The first kappa shape index (κ1) is 15.3. The molecule has 23 heavy (non-hydrogen) atoms. The minimum absolute atomic E-state index is 0.771. The van der Waals surface area contributed by atoms with Crippen LogP contribution in [-0.4, -0.2) is 12.2 Å². The van der Waals surface area contributed by atoms with Crippen LogP contribution in [0.1, 0.15) is 22.3 Å². The van der Waals surface area contributed by atoms with Crippen LogP contribution < -0.4 is 4.74 Å². The predicted molar refractivity (Wildman–Crippen MR) is 92.7 cm³/mol. The van der Waals surface area contributed by atoms with E-state index in [4.69, 9.17) is 4.74 Å². The molecular weight excluding hydrogens is 284 g/mol. The van der Waals surface area contributed by atoms with E-state index in [1.54, 1.807) is 7.11 Å². The van der Waals surface area contributed by atoms with Gasteiger partial charge in [-0.05, 0) is 35.7 Å². The van der Waals surface area contributed by atoms with Crippen LogP contribution in [0.25, 0.3) is 0 Å². The lowest BCUT2D eigenvalue weighted by Crippen LogP contribution is -2.28. The van der Waals surface area contributed by atoms with Crippen molar-refractivity contribution in [3.63, 3.8) is 0 Å². The molecule has 0 radical (unpaired) electrons. The van der Waals surface area contributed by atoms with Gasteiger partial charge in [-0.15, -0.1) is 0 Å². The summed E-state index contributed by atoms with van der Waals surface area (Å²) in [7, 11) is 1.64. The van der Waals surface area contributed by atoms with Crippen molar-refractivity contribution < 1.29 is 9.84 Å². The van der Waals surface area contributed by atoms with Gasteiger partial charge in [0.15, 0.2) is 0 Å². The van der Waals surface area contributed by atoms with Crippen molar-refractivity contribution >= 4 is 0 Å². The first-order valence-corrected chi connectivity index (χ1v) is 7.64. The number of aryl methyl sites for hydroxylation is 1. The molecule has 0 aliphatic carbocycles. The molecule has 3 aromatic carbocycles. The minimum atomic E-state index is -1.19. The van der Waals surface area contributed by atoms with Gasteiger partial charge in [-0.2, -0.15) is 0 Å². The molecule has 0 heterocycles. The molecule has 1 atom stereocenters. The second kappa shape index (κ2) is 6.27. The molecule has 1 N–H and O–H groups in total. The van der Waals surface area contributed by atoms with Crippen LogP contribution in [0.2, 0.25) is 0 Å². The topological polar surface area (TPSA) is 29.5 Å². The molecule has 0 fully saturated rings. The highest BCUT2D eigenvalue weighted by atomic mass is 16.5. The first-order valence-electron chi connectivity index (χ1n) is 7.64. The van der Waals surface area contributed by atoms with E-state index in [1.807, 2.05) is 85.8 Å². The standard InChI is InChI=1S/C21H20O2/c1-16-8-10-18(11-9-16)21(22,17-6-4-3-5-7-17)19-12-14-20(23-2)15-13-19/h3-15,22H,1-2H3. The van der Waals surface area contributed by atoms with Gasteiger partial charge in [0.2, 0.25) is 0 Å². The first-order chi connectivity index (χ1) is 11.1. The Hall–Kier alpha value is -2.58. The van der Waals surface area contributed by atoms with Gasteiger partial charge in [0.25, 0.3) is 0 Å². The lowest BCUT2D eigenvalue weighted by atomic mass is 9.80. The maximum Gasteiger partial charge on any atom is 0.140 e. The van der Waals surface area contributed by atoms with E-state index in [9.17, 15) is 5.11 Å². The molecule has 0 amide bonds. The number of methoxy groups -OCH3 is 1. The molecule has 0 spiro atoms. The summed E-state index contributed by atoms with van der Waals surface area (Å²) in [4.78, 5) is 0. The van der Waals surface area contributed by atoms with Crippen molar-refractivity contribution in [2.24, 2.45) is 0 Å². The second-order valence-electron chi connectivity index (χ2n) is 5.67. The average Bonchev–Trinajstić information content (AvgIpc) is 2.62. The summed E-state index contributed by atoms with van der Waals surface area (Å²) in [6.45, 7) is 2.04. The van der Waals surface area contributed by atoms with E-state index in [-0.39, 0.29) is 0 Å². The Balaban J connectivity index is 2.18. The van der Waals surface area contributed by atoms with Crippen LogP contribution >= 0.6 is 0 Å². The number of ether oxygens (including phenoxy) is 1. The number of hydrogen-bond acceptors (Lipinski definition) is 2. The van der Waals surface area contributed by atoms with Crippen LogP contribution in [0.15, 0.2) is 78.9 Å². The number of rotatable bonds is 4. The smallest absolute Gasteiger partial charge is 0.140 e. The molecule has 3 aromatic rings. The lowest BCUT2D eigenvalue weighted by Gasteiger charge is -2.30. The van der Waals surface area contributed by atoms with Gasteiger partial charge < -0.3 is 9.84 Å². The summed E-state index contributed by atoms with van der Waals surface area (Å²) in [5, 5.41) is 11.6. The Kier molecular flexibility index (Phi) is 4.18. The summed E-state index contributed by atoms with van der Waals surface area (Å²) in [6, 6.07) is 25.3. The quantitative estimate of drug-likeness (QED) is 0.729. The largest absolute Gasteiger partial charge is 0.497 e. The van der Waals surface area contributed by atoms with E-state index >= 15 is 0 Å². The van der Waals surface area contributed by atoms with Crippen LogP contribution in [0.5, 0.6) is 5.75 Å². The molecular formula is C21H20O2. The second-order valence-corrected chi connectivity index (χ2v) is 5.67. The molecule has 1 unspecified atom stereocenters. The summed E-state index contributed by atoms with van der Waals surface area (Å²) >= 11 is 0. The zero-order chi connectivity index (χ0) is 16.3. The minimum Gasteiger partial charge on any atom is -0.497 e. The molecule has 116 valence electrons. The third kappa shape index (κ3) is 2.86. The van der Waals surface area contributed by atoms with Crippen molar-refractivity contribution in [2.75, 3.05) is 7.11 Å². The van der Waals surface area contributed by atoms with Crippen molar-refractivity contribution in [1.82, 2.24) is 0 Å². The van der Waals surface area contributed by atoms with E-state index in [0.29, 0.717) is 0 Å². The normalized spacial score (nSPS) is 13.3. The SMILES string of the molecule is COc1ccc(C(O)(c2ccccc2)c2ccc(C)cc2)cc1. The summed E-state index contributed by atoms with van der Waals surface area (Å²) < 4.78 is 5.23. The van der Waals surface area contributed by atoms with Gasteiger partial charge in [-0.1, -0.05) is 72.3 Å². The van der Waals surface area contributed by atoms with Crippen molar-refractivity contribution in [1.29, 1.82) is 0 Å². The molecule has 2 nitrogen and oxygen atoms in total. The van der Waals surface area contributed by atoms with Crippen molar-refractivity contribution in [3.05, 3.63) is 101 Å². The van der Waals surface area contributed by atoms with Gasteiger partial charge in [0.1, 0.15) is 11.4 Å². The Morgan fingerprint density at radius 1 is 0.696 bits per heavy atom. The highest BCUT2D eigenvalue weighted by Gasteiger charge is 2.33. The Morgan fingerprint density at radius 3 is 1.70 bits per heavy atom. The van der Waals surface area contributed by atoms with Gasteiger partial charge in [0, 0.05) is 0 Å². The fraction of sp³-hybridized carbons (Fsp3) is 0.143. The highest BCUT2D eigenvalue weighted by molar-refractivity contribution is 5.48. The van der Waals surface area contributed by atoms with Gasteiger partial charge in [-0.3, -0.25) is 0 Å². The number of benzene rings is 3. The van der Waals surface area contributed by atoms with E-state index in [2.05, 4.69) is 0 Å². The summed E-state index contributed by atoms with van der Waals surface area (Å²) in [5.41, 5.74) is 2.47. The highest BCUT2D eigenvalue weighted by Crippen LogP contribution is 2.37. The molecule has 0 saturated carbocycles. The van der Waals surface area contributed by atoms with Gasteiger partial charge >= 0.3 is 0 Å². The van der Waals surface area contributed by atoms with Crippen LogP contribution in [0.4, 0.5) is 0 Å². The Morgan fingerprint density at radius 2 is 1.17 bits per heavy atom. The number of hydrogen-bond donors (Lipinski definition) is 1.